The van der Waals surface area contributed by atoms with Crippen molar-refractivity contribution in [2.24, 2.45) is 5.10 Å². The van der Waals surface area contributed by atoms with Gasteiger partial charge in [0, 0.05) is 16.5 Å². The molecule has 0 aromatic heterocycles. The van der Waals surface area contributed by atoms with Crippen molar-refractivity contribution in [2.45, 2.75) is 0 Å². The second-order valence-electron chi connectivity index (χ2n) is 4.74. The second-order valence-corrected chi connectivity index (χ2v) is 4.74. The fraction of sp³-hybridized carbons (Fsp3) is 0. The number of nitrogens with one attached hydrogen (secondary N) is 2. The molecule has 3 rings (SSSR count). The van der Waals surface area contributed by atoms with Crippen molar-refractivity contribution < 1.29 is 9.18 Å². The first-order chi connectivity index (χ1) is 11.1. The first kappa shape index (κ1) is 14.6. The Bertz CT molecular complexity index is 985. The molecule has 0 fully saturated rings. The first-order valence-corrected chi connectivity index (χ1v) is 6.65. The number of nitrogens with zero attached hydrogens (tertiary/aromatic N) is 1. The van der Waals surface area contributed by atoms with Crippen LogP contribution in [0.25, 0.3) is 10.8 Å². The number of urea groups is 1. The summed E-state index contributed by atoms with van der Waals surface area (Å²) in [5, 5.41) is 6.17. The van der Waals surface area contributed by atoms with Gasteiger partial charge in [0.25, 0.3) is 0 Å². The third-order valence-corrected chi connectivity index (χ3v) is 3.22. The van der Waals surface area contributed by atoms with Gasteiger partial charge in [0.15, 0.2) is 5.36 Å². The van der Waals surface area contributed by atoms with Gasteiger partial charge in [0.2, 0.25) is 10.9 Å². The molecule has 2 N–H and O–H groups in total. The number of hydrogen-bond acceptors (Lipinski definition) is 4. The fourth-order valence-electron chi connectivity index (χ4n) is 2.14. The van der Waals surface area contributed by atoms with Crippen LogP contribution in [0.2, 0.25) is 0 Å². The molecule has 7 heteroatoms. The molecule has 0 radical (unpaired) electrons. The first-order valence-electron chi connectivity index (χ1n) is 6.65. The Morgan fingerprint density at radius 3 is 2.04 bits per heavy atom. The number of anilines is 1. The Morgan fingerprint density at radius 2 is 1.48 bits per heavy atom. The van der Waals surface area contributed by atoms with Crippen LogP contribution in [0.15, 0.2) is 63.2 Å². The molecule has 0 unspecified atom stereocenters. The topological polar surface area (TPSA) is 87.6 Å². The molecule has 0 bridgehead atoms. The van der Waals surface area contributed by atoms with Crippen LogP contribution in [0, 0.1) is 5.82 Å². The van der Waals surface area contributed by atoms with Crippen molar-refractivity contribution in [3.8, 4) is 0 Å². The maximum absolute atomic E-state index is 12.8. The Kier molecular flexibility index (Phi) is 3.68. The monoisotopic (exact) mass is 311 g/mol. The number of rotatable bonds is 2. The summed E-state index contributed by atoms with van der Waals surface area (Å²) >= 11 is 0. The second kappa shape index (κ2) is 5.80. The minimum Gasteiger partial charge on any atom is -0.307 e. The van der Waals surface area contributed by atoms with Gasteiger partial charge in [-0.05, 0) is 24.3 Å². The maximum atomic E-state index is 12.8. The summed E-state index contributed by atoms with van der Waals surface area (Å²) in [6.07, 6.45) is 0. The highest BCUT2D eigenvalue weighted by molar-refractivity contribution is 5.89. The number of fused-ring (bicyclic) bond motifs is 1. The third kappa shape index (κ3) is 2.84. The molecule has 0 aliphatic heterocycles. The van der Waals surface area contributed by atoms with E-state index in [0.717, 1.165) is 0 Å². The average Bonchev–Trinajstić information content (AvgIpc) is 2.80. The van der Waals surface area contributed by atoms with E-state index in [1.165, 1.54) is 36.4 Å². The van der Waals surface area contributed by atoms with Crippen molar-refractivity contribution >= 4 is 22.5 Å². The molecule has 0 aliphatic carbocycles. The minimum absolute atomic E-state index is 0.261. The van der Waals surface area contributed by atoms with E-state index in [0.29, 0.717) is 5.69 Å². The Morgan fingerprint density at radius 1 is 0.913 bits per heavy atom. The molecule has 0 aliphatic rings. The number of halogens is 1. The minimum atomic E-state index is -0.749. The van der Waals surface area contributed by atoms with Gasteiger partial charge < -0.3 is 5.32 Å². The molecule has 0 atom stereocenters. The summed E-state index contributed by atoms with van der Waals surface area (Å²) in [5.74, 6) is -0.434. The number of amides is 2. The summed E-state index contributed by atoms with van der Waals surface area (Å²) in [5.41, 5.74) is 1.36. The molecule has 6 nitrogen and oxygen atoms in total. The lowest BCUT2D eigenvalue weighted by molar-refractivity contribution is 0.252. The predicted molar refractivity (Wildman–Crippen MR) is 83.0 cm³/mol. The standard InChI is InChI=1S/C16H10FN3O3/c17-9-5-7-10(8-6-9)18-16(23)20-19-13-14(21)11-3-1-2-4-12(11)15(13)22/h1-8H,(H2,18,20,23). The van der Waals surface area contributed by atoms with E-state index in [-0.39, 0.29) is 16.1 Å². The van der Waals surface area contributed by atoms with Gasteiger partial charge >= 0.3 is 6.03 Å². The zero-order valence-electron chi connectivity index (χ0n) is 11.7. The quantitative estimate of drug-likeness (QED) is 0.697. The van der Waals surface area contributed by atoms with Crippen LogP contribution in [0.1, 0.15) is 0 Å². The van der Waals surface area contributed by atoms with E-state index in [9.17, 15) is 18.8 Å². The molecular formula is C16H10FN3O3. The van der Waals surface area contributed by atoms with Crippen molar-refractivity contribution in [1.29, 1.82) is 0 Å². The van der Waals surface area contributed by atoms with Crippen molar-refractivity contribution in [1.82, 2.24) is 5.43 Å². The van der Waals surface area contributed by atoms with Crippen LogP contribution in [-0.4, -0.2) is 6.03 Å². The summed E-state index contributed by atoms with van der Waals surface area (Å²) < 4.78 is 12.8. The largest absolute Gasteiger partial charge is 0.339 e. The molecule has 114 valence electrons. The van der Waals surface area contributed by atoms with E-state index < -0.39 is 22.7 Å². The molecule has 0 spiro atoms. The van der Waals surface area contributed by atoms with Crippen molar-refractivity contribution in [2.75, 3.05) is 5.32 Å². The zero-order chi connectivity index (χ0) is 16.4. The van der Waals surface area contributed by atoms with Gasteiger partial charge in [-0.3, -0.25) is 9.59 Å². The average molecular weight is 311 g/mol. The van der Waals surface area contributed by atoms with Crippen LogP contribution >= 0.6 is 0 Å². The summed E-state index contributed by atoms with van der Waals surface area (Å²) in [6.45, 7) is 0. The number of carbonyl (C=O) groups excluding carboxylic acids is 1. The van der Waals surface area contributed by atoms with Gasteiger partial charge in [-0.25, -0.2) is 14.6 Å². The Balaban J connectivity index is 1.85. The van der Waals surface area contributed by atoms with Crippen LogP contribution in [0.4, 0.5) is 14.9 Å². The number of carbonyl (C=O) groups is 1. The van der Waals surface area contributed by atoms with Crippen LogP contribution in [0.3, 0.4) is 0 Å². The normalized spacial score (nSPS) is 10.5. The Labute approximate surface area is 128 Å². The van der Waals surface area contributed by atoms with E-state index in [2.05, 4.69) is 15.8 Å². The smallest absolute Gasteiger partial charge is 0.307 e. The lowest BCUT2D eigenvalue weighted by Crippen LogP contribution is -2.36. The predicted octanol–water partition coefficient (Wildman–Crippen LogP) is 1.21. The van der Waals surface area contributed by atoms with Gasteiger partial charge in [-0.1, -0.05) is 24.3 Å². The third-order valence-electron chi connectivity index (χ3n) is 3.22. The number of hydrogen-bond donors (Lipinski definition) is 2. The van der Waals surface area contributed by atoms with Crippen LogP contribution in [0.5, 0.6) is 0 Å². The van der Waals surface area contributed by atoms with Crippen molar-refractivity contribution in [3.63, 3.8) is 0 Å². The molecule has 23 heavy (non-hydrogen) atoms. The lowest BCUT2D eigenvalue weighted by atomic mass is 10.2. The molecule has 3 aromatic rings. The van der Waals surface area contributed by atoms with E-state index in [1.807, 2.05) is 0 Å². The van der Waals surface area contributed by atoms with Gasteiger partial charge in [-0.15, -0.1) is 0 Å². The van der Waals surface area contributed by atoms with Crippen LogP contribution < -0.4 is 27.0 Å². The highest BCUT2D eigenvalue weighted by Gasteiger charge is 2.10. The lowest BCUT2D eigenvalue weighted by Gasteiger charge is -2.02. The SMILES string of the molecule is O=C(NN=c1c(=O)c2ccccc2c1=O)Nc1ccc(F)cc1. The Hall–Kier alpha value is -3.35. The molecule has 3 aromatic carbocycles. The molecule has 2 amide bonds. The summed E-state index contributed by atoms with van der Waals surface area (Å²) in [6, 6.07) is 10.7. The molecular weight excluding hydrogens is 301 g/mol. The van der Waals surface area contributed by atoms with Crippen molar-refractivity contribution in [3.05, 3.63) is 80.2 Å². The highest BCUT2D eigenvalue weighted by Crippen LogP contribution is 2.07. The fourth-order valence-corrected chi connectivity index (χ4v) is 2.14. The number of benzene rings is 2. The maximum Gasteiger partial charge on any atom is 0.339 e. The molecule has 0 saturated heterocycles. The summed E-state index contributed by atoms with van der Waals surface area (Å²) in [4.78, 5) is 35.8. The molecule has 0 saturated carbocycles. The van der Waals surface area contributed by atoms with Gasteiger partial charge in [-0.2, -0.15) is 5.10 Å². The zero-order valence-corrected chi connectivity index (χ0v) is 11.7. The van der Waals surface area contributed by atoms with E-state index in [4.69, 9.17) is 0 Å². The summed E-state index contributed by atoms with van der Waals surface area (Å²) in [7, 11) is 0. The van der Waals surface area contributed by atoms with E-state index in [1.54, 1.807) is 12.1 Å². The molecule has 0 heterocycles. The van der Waals surface area contributed by atoms with Gasteiger partial charge in [0.1, 0.15) is 5.82 Å². The van der Waals surface area contributed by atoms with E-state index >= 15 is 0 Å². The van der Waals surface area contributed by atoms with Crippen LogP contribution in [-0.2, 0) is 0 Å². The highest BCUT2D eigenvalue weighted by atomic mass is 19.1. The van der Waals surface area contributed by atoms with Gasteiger partial charge in [0.05, 0.1) is 0 Å².